The van der Waals surface area contributed by atoms with E-state index in [0.717, 1.165) is 6.42 Å². The fraction of sp³-hybridized carbons (Fsp3) is 0.353. The summed E-state index contributed by atoms with van der Waals surface area (Å²) in [7, 11) is -3.51. The highest BCUT2D eigenvalue weighted by atomic mass is 32.2. The van der Waals surface area contributed by atoms with Crippen molar-refractivity contribution < 1.29 is 17.6 Å². The second-order valence-electron chi connectivity index (χ2n) is 5.57. The van der Waals surface area contributed by atoms with Crippen LogP contribution in [0.2, 0.25) is 0 Å². The van der Waals surface area contributed by atoms with Crippen LogP contribution in [0.1, 0.15) is 42.1 Å². The first-order valence-electron chi connectivity index (χ1n) is 7.51. The van der Waals surface area contributed by atoms with Gasteiger partial charge in [0.15, 0.2) is 15.6 Å². The van der Waals surface area contributed by atoms with Gasteiger partial charge in [0.2, 0.25) is 0 Å². The molecule has 6 heteroatoms. The van der Waals surface area contributed by atoms with Crippen LogP contribution in [0.15, 0.2) is 45.7 Å². The summed E-state index contributed by atoms with van der Waals surface area (Å²) in [6.07, 6.45) is 0.807. The van der Waals surface area contributed by atoms with Crippen molar-refractivity contribution in [2.75, 3.05) is 0 Å². The van der Waals surface area contributed by atoms with Crippen molar-refractivity contribution in [2.45, 2.75) is 43.9 Å². The van der Waals surface area contributed by atoms with Crippen molar-refractivity contribution in [3.63, 3.8) is 0 Å². The molecule has 1 N–H and O–H groups in total. The molecule has 1 heterocycles. The number of amides is 1. The molecule has 5 nitrogen and oxygen atoms in total. The normalized spacial score (nSPS) is 12.8. The molecular weight excluding hydrogens is 314 g/mol. The molecule has 1 aromatic heterocycles. The van der Waals surface area contributed by atoms with E-state index >= 15 is 0 Å². The van der Waals surface area contributed by atoms with Crippen LogP contribution in [-0.2, 0) is 15.6 Å². The minimum absolute atomic E-state index is 0.0340. The highest BCUT2D eigenvalue weighted by Gasteiger charge is 2.21. The molecule has 0 aliphatic heterocycles. The first-order chi connectivity index (χ1) is 10.8. The smallest absolute Gasteiger partial charge is 0.287 e. The summed E-state index contributed by atoms with van der Waals surface area (Å²) in [6.45, 7) is 5.61. The topological polar surface area (TPSA) is 76.4 Å². The molecule has 2 aromatic rings. The highest BCUT2D eigenvalue weighted by molar-refractivity contribution is 7.90. The van der Waals surface area contributed by atoms with Gasteiger partial charge in [-0.3, -0.25) is 4.79 Å². The third-order valence-corrected chi connectivity index (χ3v) is 5.43. The number of benzene rings is 1. The minimum atomic E-state index is -3.51. The van der Waals surface area contributed by atoms with E-state index in [1.807, 2.05) is 13.8 Å². The van der Waals surface area contributed by atoms with Crippen LogP contribution in [0.4, 0.5) is 0 Å². The van der Waals surface area contributed by atoms with Crippen LogP contribution in [0.3, 0.4) is 0 Å². The Balaban J connectivity index is 2.16. The number of nitrogens with one attached hydrogen (secondary N) is 1. The van der Waals surface area contributed by atoms with Gasteiger partial charge in [0.25, 0.3) is 5.91 Å². The summed E-state index contributed by atoms with van der Waals surface area (Å²) in [5.41, 5.74) is 0.689. The lowest BCUT2D eigenvalue weighted by Crippen LogP contribution is -2.31. The van der Waals surface area contributed by atoms with E-state index in [1.54, 1.807) is 31.2 Å². The SMILES string of the molecule is CC[C@@H](C)NC(=O)c1ccc(CS(=O)(=O)c2ccccc2C)o1. The maximum atomic E-state index is 12.5. The summed E-state index contributed by atoms with van der Waals surface area (Å²) in [4.78, 5) is 12.2. The quantitative estimate of drug-likeness (QED) is 0.880. The molecule has 0 aliphatic rings. The number of furan rings is 1. The highest BCUT2D eigenvalue weighted by Crippen LogP contribution is 2.21. The molecule has 0 aliphatic carbocycles. The third kappa shape index (κ3) is 4.22. The van der Waals surface area contributed by atoms with Crippen LogP contribution in [0, 0.1) is 6.92 Å². The maximum absolute atomic E-state index is 12.5. The number of rotatable bonds is 6. The summed E-state index contributed by atoms with van der Waals surface area (Å²) < 4.78 is 30.3. The van der Waals surface area contributed by atoms with Gasteiger partial charge in [-0.25, -0.2) is 8.42 Å². The molecule has 1 amide bonds. The van der Waals surface area contributed by atoms with Gasteiger partial charge in [-0.2, -0.15) is 0 Å². The molecule has 124 valence electrons. The number of aryl methyl sites for hydroxylation is 1. The summed E-state index contributed by atoms with van der Waals surface area (Å²) in [5, 5.41) is 2.78. The number of hydrogen-bond acceptors (Lipinski definition) is 4. The van der Waals surface area contributed by atoms with Gasteiger partial charge < -0.3 is 9.73 Å². The van der Waals surface area contributed by atoms with Gasteiger partial charge in [-0.1, -0.05) is 25.1 Å². The maximum Gasteiger partial charge on any atom is 0.287 e. The summed E-state index contributed by atoms with van der Waals surface area (Å²) in [5.74, 6) is -0.226. The van der Waals surface area contributed by atoms with Crippen molar-refractivity contribution in [1.82, 2.24) is 5.32 Å². The van der Waals surface area contributed by atoms with Crippen molar-refractivity contribution in [3.8, 4) is 0 Å². The first-order valence-corrected chi connectivity index (χ1v) is 9.16. The zero-order chi connectivity index (χ0) is 17.0. The van der Waals surface area contributed by atoms with E-state index in [0.29, 0.717) is 5.56 Å². The molecule has 0 fully saturated rings. The monoisotopic (exact) mass is 335 g/mol. The Morgan fingerprint density at radius 2 is 1.91 bits per heavy atom. The van der Waals surface area contributed by atoms with Crippen molar-refractivity contribution in [1.29, 1.82) is 0 Å². The van der Waals surface area contributed by atoms with Gasteiger partial charge in [-0.05, 0) is 44.0 Å². The Morgan fingerprint density at radius 3 is 2.57 bits per heavy atom. The number of carbonyl (C=O) groups excluding carboxylic acids is 1. The van der Waals surface area contributed by atoms with Crippen LogP contribution in [0.5, 0.6) is 0 Å². The lowest BCUT2D eigenvalue weighted by atomic mass is 10.2. The largest absolute Gasteiger partial charge is 0.455 e. The number of carbonyl (C=O) groups is 1. The van der Waals surface area contributed by atoms with E-state index in [1.165, 1.54) is 12.1 Å². The van der Waals surface area contributed by atoms with Crippen molar-refractivity contribution in [3.05, 3.63) is 53.5 Å². The standard InChI is InChI=1S/C17H21NO4S/c1-4-13(3)18-17(19)15-10-9-14(22-15)11-23(20,21)16-8-6-5-7-12(16)2/h5-10,13H,4,11H2,1-3H3,(H,18,19)/t13-/m1/s1. The molecule has 2 rings (SSSR count). The molecule has 0 unspecified atom stereocenters. The van der Waals surface area contributed by atoms with Crippen LogP contribution >= 0.6 is 0 Å². The zero-order valence-corrected chi connectivity index (χ0v) is 14.3. The minimum Gasteiger partial charge on any atom is -0.455 e. The Kier molecular flexibility index (Phi) is 5.26. The summed E-state index contributed by atoms with van der Waals surface area (Å²) >= 11 is 0. The van der Waals surface area contributed by atoms with E-state index in [-0.39, 0.29) is 34.1 Å². The Morgan fingerprint density at radius 1 is 1.22 bits per heavy atom. The van der Waals surface area contributed by atoms with E-state index in [2.05, 4.69) is 5.32 Å². The van der Waals surface area contributed by atoms with Gasteiger partial charge in [0.1, 0.15) is 11.5 Å². The molecule has 0 saturated carbocycles. The van der Waals surface area contributed by atoms with Gasteiger partial charge in [0.05, 0.1) is 4.90 Å². The average molecular weight is 335 g/mol. The molecule has 0 saturated heterocycles. The van der Waals surface area contributed by atoms with E-state index in [4.69, 9.17) is 4.42 Å². The molecular formula is C17H21NO4S. The molecule has 0 radical (unpaired) electrons. The number of hydrogen-bond donors (Lipinski definition) is 1. The second kappa shape index (κ2) is 7.00. The molecule has 23 heavy (non-hydrogen) atoms. The predicted octanol–water partition coefficient (Wildman–Crippen LogP) is 3.09. The Labute approximate surface area is 136 Å². The van der Waals surface area contributed by atoms with E-state index in [9.17, 15) is 13.2 Å². The Bertz CT molecular complexity index is 792. The molecule has 0 spiro atoms. The molecule has 0 bridgehead atoms. The fourth-order valence-corrected chi connectivity index (χ4v) is 3.67. The second-order valence-corrected chi connectivity index (χ2v) is 7.53. The van der Waals surface area contributed by atoms with Crippen molar-refractivity contribution in [2.24, 2.45) is 0 Å². The fourth-order valence-electron chi connectivity index (χ4n) is 2.14. The predicted molar refractivity (Wildman–Crippen MR) is 88.0 cm³/mol. The van der Waals surface area contributed by atoms with Crippen LogP contribution < -0.4 is 5.32 Å². The van der Waals surface area contributed by atoms with Gasteiger partial charge in [-0.15, -0.1) is 0 Å². The van der Waals surface area contributed by atoms with Crippen molar-refractivity contribution >= 4 is 15.7 Å². The molecule has 1 atom stereocenters. The van der Waals surface area contributed by atoms with Gasteiger partial charge >= 0.3 is 0 Å². The molecule has 1 aromatic carbocycles. The van der Waals surface area contributed by atoms with Crippen LogP contribution in [0.25, 0.3) is 0 Å². The average Bonchev–Trinajstić information content (AvgIpc) is 2.95. The third-order valence-electron chi connectivity index (χ3n) is 3.64. The lowest BCUT2D eigenvalue weighted by Gasteiger charge is -2.09. The number of sulfone groups is 1. The van der Waals surface area contributed by atoms with Crippen LogP contribution in [-0.4, -0.2) is 20.4 Å². The van der Waals surface area contributed by atoms with E-state index < -0.39 is 9.84 Å². The lowest BCUT2D eigenvalue weighted by molar-refractivity contribution is 0.0909. The Hall–Kier alpha value is -2.08. The zero-order valence-electron chi connectivity index (χ0n) is 13.5. The van der Waals surface area contributed by atoms with Gasteiger partial charge in [0, 0.05) is 6.04 Å². The first kappa shape index (κ1) is 17.3. The summed E-state index contributed by atoms with van der Waals surface area (Å²) in [6, 6.07) is 9.86.